The minimum Gasteiger partial charge on any atom is -0.367 e. The predicted octanol–water partition coefficient (Wildman–Crippen LogP) is 4.26. The molecule has 2 N–H and O–H groups in total. The Labute approximate surface area is 157 Å². The van der Waals surface area contributed by atoms with Crippen LogP contribution in [0.4, 0.5) is 11.5 Å². The van der Waals surface area contributed by atoms with Crippen molar-refractivity contribution in [2.75, 3.05) is 10.6 Å². The van der Waals surface area contributed by atoms with Crippen molar-refractivity contribution in [2.24, 2.45) is 0 Å². The molecule has 3 aromatic heterocycles. The molecular formula is C21H21N5O. The summed E-state index contributed by atoms with van der Waals surface area (Å²) in [6.45, 7) is 6.07. The fourth-order valence-corrected chi connectivity index (χ4v) is 3.28. The van der Waals surface area contributed by atoms with Crippen LogP contribution in [0.3, 0.4) is 0 Å². The number of carbonyl (C=O) groups excluding carboxylic acids is 1. The highest BCUT2D eigenvalue weighted by molar-refractivity contribution is 6.20. The third-order valence-corrected chi connectivity index (χ3v) is 4.35. The van der Waals surface area contributed by atoms with E-state index in [2.05, 4.69) is 20.6 Å². The van der Waals surface area contributed by atoms with Gasteiger partial charge in [-0.1, -0.05) is 18.2 Å². The molecule has 0 aliphatic rings. The molecule has 0 saturated carbocycles. The first-order valence-electron chi connectivity index (χ1n) is 8.93. The molecule has 0 unspecified atom stereocenters. The number of rotatable bonds is 4. The van der Waals surface area contributed by atoms with Crippen molar-refractivity contribution in [3.8, 4) is 0 Å². The van der Waals surface area contributed by atoms with Crippen molar-refractivity contribution in [3.63, 3.8) is 0 Å². The number of aromatic nitrogens is 3. The number of fused-ring (bicyclic) bond motifs is 3. The van der Waals surface area contributed by atoms with Crippen LogP contribution in [0, 0.1) is 6.92 Å². The van der Waals surface area contributed by atoms with E-state index in [0.29, 0.717) is 17.0 Å². The van der Waals surface area contributed by atoms with Gasteiger partial charge in [-0.3, -0.25) is 4.79 Å². The lowest BCUT2D eigenvalue weighted by atomic mass is 10.1. The van der Waals surface area contributed by atoms with Crippen molar-refractivity contribution in [1.82, 2.24) is 14.4 Å². The Morgan fingerprint density at radius 3 is 2.74 bits per heavy atom. The van der Waals surface area contributed by atoms with E-state index in [9.17, 15) is 4.79 Å². The van der Waals surface area contributed by atoms with Crippen LogP contribution in [0.25, 0.3) is 16.6 Å². The van der Waals surface area contributed by atoms with Gasteiger partial charge >= 0.3 is 0 Å². The maximum absolute atomic E-state index is 13.2. The Hall–Kier alpha value is -3.41. The highest BCUT2D eigenvalue weighted by atomic mass is 16.1. The number of aryl methyl sites for hydroxylation is 1. The zero-order chi connectivity index (χ0) is 19.0. The third-order valence-electron chi connectivity index (χ3n) is 4.35. The predicted molar refractivity (Wildman–Crippen MR) is 108 cm³/mol. The molecule has 4 aromatic rings. The summed E-state index contributed by atoms with van der Waals surface area (Å²) in [6, 6.07) is 13.7. The van der Waals surface area contributed by atoms with Crippen LogP contribution in [0.15, 0.2) is 55.0 Å². The molecule has 0 aliphatic carbocycles. The molecule has 6 heteroatoms. The van der Waals surface area contributed by atoms with Crippen LogP contribution in [0.2, 0.25) is 0 Å². The molecule has 6 nitrogen and oxygen atoms in total. The normalized spacial score (nSPS) is 11.3. The van der Waals surface area contributed by atoms with Gasteiger partial charge in [0.15, 0.2) is 5.65 Å². The van der Waals surface area contributed by atoms with Gasteiger partial charge < -0.3 is 15.0 Å². The number of hydrogen-bond acceptors (Lipinski definition) is 4. The zero-order valence-corrected chi connectivity index (χ0v) is 15.5. The van der Waals surface area contributed by atoms with Crippen molar-refractivity contribution >= 4 is 34.0 Å². The second-order valence-corrected chi connectivity index (χ2v) is 6.87. The maximum Gasteiger partial charge on any atom is 0.258 e. The summed E-state index contributed by atoms with van der Waals surface area (Å²) in [5, 5.41) is 7.07. The monoisotopic (exact) mass is 359 g/mol. The summed E-state index contributed by atoms with van der Waals surface area (Å²) in [4.78, 5) is 22.1. The lowest BCUT2D eigenvalue weighted by molar-refractivity contribution is 0.103. The fraction of sp³-hybridized carbons (Fsp3) is 0.190. The average molecular weight is 359 g/mol. The molecule has 27 heavy (non-hydrogen) atoms. The molecule has 3 heterocycles. The minimum atomic E-state index is -0.180. The van der Waals surface area contributed by atoms with E-state index >= 15 is 0 Å². The van der Waals surface area contributed by atoms with E-state index < -0.39 is 0 Å². The van der Waals surface area contributed by atoms with Crippen molar-refractivity contribution in [1.29, 1.82) is 0 Å². The zero-order valence-electron chi connectivity index (χ0n) is 15.5. The molecular weight excluding hydrogens is 338 g/mol. The fourth-order valence-electron chi connectivity index (χ4n) is 3.28. The van der Waals surface area contributed by atoms with Gasteiger partial charge in [-0.05, 0) is 50.6 Å². The molecule has 0 aliphatic heterocycles. The van der Waals surface area contributed by atoms with Crippen LogP contribution in [-0.4, -0.2) is 26.3 Å². The number of benzene rings is 1. The first-order chi connectivity index (χ1) is 13.0. The molecule has 0 fully saturated rings. The molecule has 136 valence electrons. The molecule has 0 radical (unpaired) electrons. The van der Waals surface area contributed by atoms with Gasteiger partial charge in [0.05, 0.1) is 16.5 Å². The smallest absolute Gasteiger partial charge is 0.258 e. The summed E-state index contributed by atoms with van der Waals surface area (Å²) in [7, 11) is 0. The summed E-state index contributed by atoms with van der Waals surface area (Å²) in [5.74, 6) is 0.481. The minimum absolute atomic E-state index is 0.179. The average Bonchev–Trinajstić information content (AvgIpc) is 2.97. The van der Waals surface area contributed by atoms with Crippen LogP contribution in [0.1, 0.15) is 29.8 Å². The van der Waals surface area contributed by atoms with Gasteiger partial charge in [0.2, 0.25) is 0 Å². The number of amides is 1. The van der Waals surface area contributed by atoms with Gasteiger partial charge in [0.25, 0.3) is 5.91 Å². The Morgan fingerprint density at radius 2 is 1.96 bits per heavy atom. The molecule has 0 atom stereocenters. The standard InChI is InChI=1S/C21H21N5O/c1-13(2)24-19-18-17(21(27)25-15-8-6-7-14(3)11-15)16-9-4-5-10-26(16)20(18)23-12-22-19/h4-13H,1-3H3,(H,25,27)(H,22,23,24). The van der Waals surface area contributed by atoms with E-state index in [0.717, 1.165) is 22.2 Å². The van der Waals surface area contributed by atoms with Crippen molar-refractivity contribution < 1.29 is 4.79 Å². The molecule has 0 spiro atoms. The van der Waals surface area contributed by atoms with Crippen LogP contribution < -0.4 is 10.6 Å². The highest BCUT2D eigenvalue weighted by Crippen LogP contribution is 2.31. The molecule has 0 bridgehead atoms. The molecule has 4 rings (SSSR count). The Balaban J connectivity index is 1.92. The van der Waals surface area contributed by atoms with Gasteiger partial charge in [-0.25, -0.2) is 9.97 Å². The molecule has 1 aromatic carbocycles. The maximum atomic E-state index is 13.2. The van der Waals surface area contributed by atoms with Gasteiger partial charge in [0, 0.05) is 17.9 Å². The number of carbonyl (C=O) groups is 1. The van der Waals surface area contributed by atoms with E-state index in [-0.39, 0.29) is 11.9 Å². The van der Waals surface area contributed by atoms with Gasteiger partial charge in [-0.15, -0.1) is 0 Å². The number of nitrogens with one attached hydrogen (secondary N) is 2. The lowest BCUT2D eigenvalue weighted by Crippen LogP contribution is -2.15. The number of hydrogen-bond donors (Lipinski definition) is 2. The topological polar surface area (TPSA) is 71.3 Å². The Morgan fingerprint density at radius 1 is 1.11 bits per heavy atom. The summed E-state index contributed by atoms with van der Waals surface area (Å²) in [5.41, 5.74) is 3.92. The quantitative estimate of drug-likeness (QED) is 0.571. The Kier molecular flexibility index (Phi) is 4.24. The second-order valence-electron chi connectivity index (χ2n) is 6.87. The van der Waals surface area contributed by atoms with Gasteiger partial charge in [-0.2, -0.15) is 0 Å². The third kappa shape index (κ3) is 3.10. The number of pyridine rings is 1. The van der Waals surface area contributed by atoms with Crippen molar-refractivity contribution in [3.05, 3.63) is 66.1 Å². The SMILES string of the molecule is Cc1cccc(NC(=O)c2c3c(NC(C)C)ncnc3n3ccccc23)c1. The van der Waals surface area contributed by atoms with Gasteiger partial charge in [0.1, 0.15) is 12.1 Å². The van der Waals surface area contributed by atoms with Crippen LogP contribution in [0.5, 0.6) is 0 Å². The first-order valence-corrected chi connectivity index (χ1v) is 8.93. The molecule has 0 saturated heterocycles. The summed E-state index contributed by atoms with van der Waals surface area (Å²) < 4.78 is 1.92. The van der Waals surface area contributed by atoms with E-state index in [1.54, 1.807) is 0 Å². The van der Waals surface area contributed by atoms with E-state index in [4.69, 9.17) is 0 Å². The number of nitrogens with zero attached hydrogens (tertiary/aromatic N) is 3. The van der Waals surface area contributed by atoms with E-state index in [1.807, 2.05) is 73.8 Å². The highest BCUT2D eigenvalue weighted by Gasteiger charge is 2.22. The van der Waals surface area contributed by atoms with Crippen LogP contribution in [-0.2, 0) is 0 Å². The second kappa shape index (κ2) is 6.72. The largest absolute Gasteiger partial charge is 0.367 e. The van der Waals surface area contributed by atoms with Crippen LogP contribution >= 0.6 is 0 Å². The summed E-state index contributed by atoms with van der Waals surface area (Å²) in [6.07, 6.45) is 3.43. The Bertz CT molecular complexity index is 1150. The lowest BCUT2D eigenvalue weighted by Gasteiger charge is -2.11. The molecule has 1 amide bonds. The summed E-state index contributed by atoms with van der Waals surface area (Å²) >= 11 is 0. The van der Waals surface area contributed by atoms with Crippen molar-refractivity contribution in [2.45, 2.75) is 26.8 Å². The van der Waals surface area contributed by atoms with E-state index in [1.165, 1.54) is 6.33 Å². The number of anilines is 2. The first kappa shape index (κ1) is 17.0.